The number of hydrogen-bond acceptors (Lipinski definition) is 8. The van der Waals surface area contributed by atoms with Crippen LogP contribution in [0.5, 0.6) is 5.75 Å². The van der Waals surface area contributed by atoms with E-state index in [1.54, 1.807) is 48.5 Å². The molecule has 1 aliphatic rings. The summed E-state index contributed by atoms with van der Waals surface area (Å²) in [5, 5.41) is 12.0. The van der Waals surface area contributed by atoms with Crippen LogP contribution in [-0.4, -0.2) is 60.6 Å². The average molecular weight is 779 g/mol. The van der Waals surface area contributed by atoms with E-state index in [1.165, 1.54) is 0 Å². The molecule has 274 valence electrons. The third-order valence-corrected chi connectivity index (χ3v) is 7.71. The van der Waals surface area contributed by atoms with E-state index in [4.69, 9.17) is 18.5 Å². The van der Waals surface area contributed by atoms with Gasteiger partial charge in [0.1, 0.15) is 0 Å². The molecule has 1 aliphatic heterocycles. The summed E-state index contributed by atoms with van der Waals surface area (Å²) in [6, 6.07) is 38.0. The van der Waals surface area contributed by atoms with Gasteiger partial charge in [-0.3, -0.25) is 9.69 Å². The molecule has 4 aromatic carbocycles. The van der Waals surface area contributed by atoms with E-state index in [9.17, 15) is 4.79 Å². The first kappa shape index (κ1) is 48.2. The monoisotopic (exact) mass is 778 g/mol. The number of anilines is 1. The SMILES string of the molecule is CC(C)(C)c1c[c-]no1.CC(C)(C)c1c[c-]no1.O=C(Nc1cc[c-]cc1)c1ccccc1.[K+].[K+].[c-]1ccc(OCCN2CCOCC2)c2ccccc12. The molecule has 0 spiro atoms. The number of ether oxygens (including phenoxy) is 2. The quantitative estimate of drug-likeness (QED) is 0.204. The van der Waals surface area contributed by atoms with Crippen LogP contribution < -0.4 is 113 Å². The Kier molecular flexibility index (Phi) is 22.6. The number of aromatic nitrogens is 2. The summed E-state index contributed by atoms with van der Waals surface area (Å²) < 4.78 is 21.0. The van der Waals surface area contributed by atoms with Crippen molar-refractivity contribution in [2.45, 2.75) is 52.4 Å². The number of carbonyl (C=O) groups excluding carboxylic acids is 1. The van der Waals surface area contributed by atoms with E-state index in [-0.39, 0.29) is 120 Å². The van der Waals surface area contributed by atoms with Crippen molar-refractivity contribution in [3.63, 3.8) is 0 Å². The molecule has 1 saturated heterocycles. The second kappa shape index (κ2) is 25.3. The van der Waals surface area contributed by atoms with Crippen molar-refractivity contribution in [1.29, 1.82) is 0 Å². The molecule has 54 heavy (non-hydrogen) atoms. The Morgan fingerprint density at radius 1 is 0.778 bits per heavy atom. The molecule has 3 heterocycles. The Balaban J connectivity index is 0.000000259. The molecule has 1 N–H and O–H groups in total. The molecule has 1 fully saturated rings. The van der Waals surface area contributed by atoms with Gasteiger partial charge in [0.2, 0.25) is 0 Å². The number of nitrogens with zero attached hydrogens (tertiary/aromatic N) is 3. The molecule has 0 radical (unpaired) electrons. The van der Waals surface area contributed by atoms with Crippen LogP contribution in [0.2, 0.25) is 0 Å². The summed E-state index contributed by atoms with van der Waals surface area (Å²) in [4.78, 5) is 14.1. The maximum absolute atomic E-state index is 11.7. The van der Waals surface area contributed by atoms with E-state index >= 15 is 0 Å². The molecule has 1 amide bonds. The maximum Gasteiger partial charge on any atom is 1.00 e. The summed E-state index contributed by atoms with van der Waals surface area (Å²) in [5.74, 6) is 2.61. The van der Waals surface area contributed by atoms with Crippen LogP contribution in [0.15, 0.2) is 112 Å². The Hall–Kier alpha value is -1.98. The van der Waals surface area contributed by atoms with Crippen molar-refractivity contribution in [1.82, 2.24) is 15.2 Å². The van der Waals surface area contributed by atoms with Gasteiger partial charge in [-0.15, -0.1) is 60.2 Å². The second-order valence-electron chi connectivity index (χ2n) is 13.9. The van der Waals surface area contributed by atoms with E-state index in [1.807, 2.05) is 42.5 Å². The average Bonchev–Trinajstić information content (AvgIpc) is 3.91. The van der Waals surface area contributed by atoms with Crippen LogP contribution in [0.4, 0.5) is 5.69 Å². The summed E-state index contributed by atoms with van der Waals surface area (Å²) in [6.07, 6.45) is 5.24. The first-order chi connectivity index (χ1) is 25.0. The molecule has 2 aromatic heterocycles. The third-order valence-electron chi connectivity index (χ3n) is 7.71. The van der Waals surface area contributed by atoms with Gasteiger partial charge in [0.05, 0.1) is 19.8 Å². The topological polar surface area (TPSA) is 103 Å². The Labute approximate surface area is 405 Å². The fourth-order valence-electron chi connectivity index (χ4n) is 4.70. The molecule has 11 heteroatoms. The van der Waals surface area contributed by atoms with Gasteiger partial charge in [-0.05, 0) is 34.5 Å². The Bertz CT molecular complexity index is 1800. The summed E-state index contributed by atoms with van der Waals surface area (Å²) in [7, 11) is 0. The van der Waals surface area contributed by atoms with Crippen LogP contribution in [0, 0.1) is 24.5 Å². The van der Waals surface area contributed by atoms with Gasteiger partial charge in [-0.25, -0.2) is 10.3 Å². The number of morpholine rings is 1. The minimum atomic E-state index is -0.0956. The summed E-state index contributed by atoms with van der Waals surface area (Å²) in [6.45, 7) is 17.8. The minimum Gasteiger partial charge on any atom is -0.511 e. The summed E-state index contributed by atoms with van der Waals surface area (Å²) in [5.41, 5.74) is 1.56. The van der Waals surface area contributed by atoms with E-state index in [2.05, 4.69) is 98.7 Å². The number of fused-ring (bicyclic) bond motifs is 1. The smallest absolute Gasteiger partial charge is 0.511 e. The largest absolute Gasteiger partial charge is 1.00 e. The number of carbonyl (C=O) groups is 1. The van der Waals surface area contributed by atoms with Gasteiger partial charge < -0.3 is 23.8 Å². The molecule has 7 rings (SSSR count). The number of hydrogen-bond donors (Lipinski definition) is 1. The molecule has 0 aliphatic carbocycles. The van der Waals surface area contributed by atoms with Crippen molar-refractivity contribution in [3.8, 4) is 5.75 Å². The second-order valence-corrected chi connectivity index (χ2v) is 13.9. The Morgan fingerprint density at radius 3 is 1.89 bits per heavy atom. The molecule has 0 saturated carbocycles. The molecule has 0 unspecified atom stereocenters. The van der Waals surface area contributed by atoms with E-state index in [0.29, 0.717) is 12.2 Å². The molecule has 9 nitrogen and oxygen atoms in total. The van der Waals surface area contributed by atoms with Crippen LogP contribution in [0.25, 0.3) is 10.8 Å². The van der Waals surface area contributed by atoms with Crippen molar-refractivity contribution >= 4 is 22.4 Å². The van der Waals surface area contributed by atoms with Gasteiger partial charge in [0.15, 0.2) is 0 Å². The van der Waals surface area contributed by atoms with Crippen LogP contribution >= 0.6 is 0 Å². The summed E-state index contributed by atoms with van der Waals surface area (Å²) >= 11 is 0. The fourth-order valence-corrected chi connectivity index (χ4v) is 4.70. The number of amides is 1. The van der Waals surface area contributed by atoms with Gasteiger partial charge >= 0.3 is 103 Å². The van der Waals surface area contributed by atoms with Crippen molar-refractivity contribution in [2.75, 3.05) is 44.8 Å². The standard InChI is InChI=1S/C16H18NO2.C13H10NO.2C7H10NO.2K/c1-2-6-15-14(4-1)5-3-7-16(15)19-13-10-17-8-11-18-12-9-17;15-13(11-7-3-1-4-8-11)14-12-9-5-2-6-10-12;2*1-7(2,3)6-4-5-8-9-6;;/h1-4,6-7H,8-13H2;1,3-10H,(H,14,15);2*4H,1-3H3;;/q4*-1;2*+1. The van der Waals surface area contributed by atoms with Gasteiger partial charge in [0.25, 0.3) is 5.91 Å². The van der Waals surface area contributed by atoms with Crippen LogP contribution in [0.3, 0.4) is 0 Å². The maximum atomic E-state index is 11.7. The zero-order chi connectivity index (χ0) is 37.2. The minimum absolute atomic E-state index is 0. The zero-order valence-corrected chi connectivity index (χ0v) is 39.2. The normalized spacial score (nSPS) is 12.5. The first-order valence-electron chi connectivity index (χ1n) is 17.3. The van der Waals surface area contributed by atoms with Crippen molar-refractivity contribution < 1.29 is 126 Å². The first-order valence-corrected chi connectivity index (χ1v) is 17.3. The number of rotatable bonds is 6. The molecule has 6 aromatic rings. The van der Waals surface area contributed by atoms with Crippen molar-refractivity contribution in [2.24, 2.45) is 0 Å². The molecular formula is C43H48K2N4O5-2. The van der Waals surface area contributed by atoms with E-state index < -0.39 is 0 Å². The van der Waals surface area contributed by atoms with Gasteiger partial charge in [-0.2, -0.15) is 30.3 Å². The molecule has 0 bridgehead atoms. The molecule has 0 atom stereocenters. The van der Waals surface area contributed by atoms with Gasteiger partial charge in [-0.1, -0.05) is 82.9 Å². The number of benzene rings is 4. The van der Waals surface area contributed by atoms with Gasteiger partial charge in [0, 0.05) is 30.9 Å². The Morgan fingerprint density at radius 2 is 1.35 bits per heavy atom. The van der Waals surface area contributed by atoms with Crippen molar-refractivity contribution in [3.05, 3.63) is 145 Å². The predicted molar refractivity (Wildman–Crippen MR) is 203 cm³/mol. The predicted octanol–water partition coefficient (Wildman–Crippen LogP) is 2.64. The molecular weight excluding hydrogens is 731 g/mol. The zero-order valence-electron chi connectivity index (χ0n) is 32.9. The fraction of sp³-hybridized carbons (Fsp3) is 0.326. The van der Waals surface area contributed by atoms with Crippen LogP contribution in [-0.2, 0) is 15.6 Å². The third kappa shape index (κ3) is 17.4. The van der Waals surface area contributed by atoms with Crippen LogP contribution in [0.1, 0.15) is 63.4 Å². The van der Waals surface area contributed by atoms with E-state index in [0.717, 1.165) is 66.6 Å². The number of nitrogens with one attached hydrogen (secondary N) is 1.